The van der Waals surface area contributed by atoms with E-state index in [0.717, 1.165) is 29.4 Å². The van der Waals surface area contributed by atoms with Crippen LogP contribution in [0.1, 0.15) is 17.5 Å². The molecule has 1 aliphatic rings. The Morgan fingerprint density at radius 2 is 2.29 bits per heavy atom. The van der Waals surface area contributed by atoms with Crippen molar-refractivity contribution in [2.45, 2.75) is 19.4 Å². The van der Waals surface area contributed by atoms with Crippen LogP contribution in [0.4, 0.5) is 0 Å². The fraction of sp³-hybridized carbons (Fsp3) is 0.400. The van der Waals surface area contributed by atoms with Crippen LogP contribution in [0, 0.1) is 0 Å². The predicted octanol–water partition coefficient (Wildman–Crippen LogP) is -0.171. The van der Waals surface area contributed by atoms with Crippen molar-refractivity contribution in [3.63, 3.8) is 0 Å². The van der Waals surface area contributed by atoms with Gasteiger partial charge in [-0.1, -0.05) is 18.2 Å². The zero-order chi connectivity index (χ0) is 9.97. The quantitative estimate of drug-likeness (QED) is 0.653. The van der Waals surface area contributed by atoms with Gasteiger partial charge in [0.1, 0.15) is 0 Å². The highest BCUT2D eigenvalue weighted by Crippen LogP contribution is 2.13. The van der Waals surface area contributed by atoms with Crippen LogP contribution in [-0.2, 0) is 17.7 Å². The van der Waals surface area contributed by atoms with Crippen LogP contribution < -0.4 is 5.46 Å². The van der Waals surface area contributed by atoms with Crippen LogP contribution in [0.15, 0.2) is 18.2 Å². The molecule has 0 saturated carbocycles. The van der Waals surface area contributed by atoms with Gasteiger partial charge in [0.15, 0.2) is 0 Å². The summed E-state index contributed by atoms with van der Waals surface area (Å²) in [5.74, 6) is 0. The molecule has 0 radical (unpaired) electrons. The van der Waals surface area contributed by atoms with Gasteiger partial charge in [-0.05, 0) is 29.4 Å². The standard InChI is InChI=1S/C10H13BO3/c12-6-2-5-8-3-1-4-9-7-14-11(13)10(8)9/h1,3-4,12-13H,2,5-7H2. The maximum atomic E-state index is 9.58. The Morgan fingerprint density at radius 3 is 3.07 bits per heavy atom. The summed E-state index contributed by atoms with van der Waals surface area (Å²) in [5, 5.41) is 18.3. The third kappa shape index (κ3) is 1.69. The van der Waals surface area contributed by atoms with Crippen molar-refractivity contribution in [3.05, 3.63) is 29.3 Å². The van der Waals surface area contributed by atoms with Crippen molar-refractivity contribution >= 4 is 12.6 Å². The van der Waals surface area contributed by atoms with Crippen LogP contribution in [0.3, 0.4) is 0 Å². The summed E-state index contributed by atoms with van der Waals surface area (Å²) in [4.78, 5) is 0. The number of fused-ring (bicyclic) bond motifs is 1. The molecule has 74 valence electrons. The molecule has 0 amide bonds. The molecule has 0 fully saturated rings. The van der Waals surface area contributed by atoms with Gasteiger partial charge in [0.05, 0.1) is 6.61 Å². The third-order valence-electron chi connectivity index (χ3n) is 2.53. The zero-order valence-electron chi connectivity index (χ0n) is 7.94. The average Bonchev–Trinajstić information content (AvgIpc) is 2.58. The molecule has 0 bridgehead atoms. The van der Waals surface area contributed by atoms with Gasteiger partial charge >= 0.3 is 7.12 Å². The monoisotopic (exact) mass is 192 g/mol. The smallest absolute Gasteiger partial charge is 0.423 e. The van der Waals surface area contributed by atoms with Crippen LogP contribution in [0.25, 0.3) is 0 Å². The molecule has 1 heterocycles. The van der Waals surface area contributed by atoms with E-state index >= 15 is 0 Å². The lowest BCUT2D eigenvalue weighted by Crippen LogP contribution is -2.31. The summed E-state index contributed by atoms with van der Waals surface area (Å²) >= 11 is 0. The van der Waals surface area contributed by atoms with Gasteiger partial charge in [0.25, 0.3) is 0 Å². The van der Waals surface area contributed by atoms with Gasteiger partial charge in [-0.2, -0.15) is 0 Å². The number of hydrogen-bond acceptors (Lipinski definition) is 3. The van der Waals surface area contributed by atoms with E-state index in [-0.39, 0.29) is 6.61 Å². The summed E-state index contributed by atoms with van der Waals surface area (Å²) < 4.78 is 5.14. The average molecular weight is 192 g/mol. The van der Waals surface area contributed by atoms with E-state index in [9.17, 15) is 5.02 Å². The predicted molar refractivity (Wildman–Crippen MR) is 54.2 cm³/mol. The second-order valence-corrected chi connectivity index (χ2v) is 3.48. The number of aryl methyl sites for hydroxylation is 1. The molecule has 1 aliphatic heterocycles. The number of hydrogen-bond donors (Lipinski definition) is 2. The third-order valence-corrected chi connectivity index (χ3v) is 2.53. The Balaban J connectivity index is 2.27. The summed E-state index contributed by atoms with van der Waals surface area (Å²) in [7, 11) is -0.778. The minimum Gasteiger partial charge on any atom is -0.423 e. The highest BCUT2D eigenvalue weighted by molar-refractivity contribution is 6.62. The second kappa shape index (κ2) is 4.13. The van der Waals surface area contributed by atoms with Crippen molar-refractivity contribution in [3.8, 4) is 0 Å². The van der Waals surface area contributed by atoms with Crippen LogP contribution in [-0.4, -0.2) is 23.9 Å². The van der Waals surface area contributed by atoms with Gasteiger partial charge in [-0.25, -0.2) is 0 Å². The first-order valence-electron chi connectivity index (χ1n) is 4.84. The first-order valence-corrected chi connectivity index (χ1v) is 4.84. The van der Waals surface area contributed by atoms with Gasteiger partial charge in [0, 0.05) is 6.61 Å². The molecule has 14 heavy (non-hydrogen) atoms. The summed E-state index contributed by atoms with van der Waals surface area (Å²) in [6.45, 7) is 0.671. The topological polar surface area (TPSA) is 49.7 Å². The molecular formula is C10H13BO3. The number of aliphatic hydroxyl groups excluding tert-OH is 1. The lowest BCUT2D eigenvalue weighted by atomic mass is 9.75. The van der Waals surface area contributed by atoms with Gasteiger partial charge < -0.3 is 14.8 Å². The fourth-order valence-electron chi connectivity index (χ4n) is 1.85. The molecule has 0 unspecified atom stereocenters. The number of benzene rings is 1. The fourth-order valence-corrected chi connectivity index (χ4v) is 1.85. The Labute approximate surface area is 83.5 Å². The maximum Gasteiger partial charge on any atom is 0.492 e. The van der Waals surface area contributed by atoms with Crippen LogP contribution in [0.5, 0.6) is 0 Å². The summed E-state index contributed by atoms with van der Waals surface area (Å²) in [5.41, 5.74) is 3.05. The Hall–Kier alpha value is -0.835. The van der Waals surface area contributed by atoms with Crippen molar-refractivity contribution < 1.29 is 14.8 Å². The van der Waals surface area contributed by atoms with E-state index < -0.39 is 7.12 Å². The van der Waals surface area contributed by atoms with Gasteiger partial charge in [-0.15, -0.1) is 0 Å². The summed E-state index contributed by atoms with van der Waals surface area (Å²) in [6, 6.07) is 5.91. The van der Waals surface area contributed by atoms with E-state index in [1.54, 1.807) is 0 Å². The molecule has 2 rings (SSSR count). The van der Waals surface area contributed by atoms with Gasteiger partial charge in [0.2, 0.25) is 0 Å². The molecule has 1 aromatic carbocycles. The molecule has 2 N–H and O–H groups in total. The molecule has 0 aliphatic carbocycles. The molecule has 0 atom stereocenters. The van der Waals surface area contributed by atoms with E-state index in [1.807, 2.05) is 18.2 Å². The molecule has 3 nitrogen and oxygen atoms in total. The second-order valence-electron chi connectivity index (χ2n) is 3.48. The van der Waals surface area contributed by atoms with Crippen molar-refractivity contribution in [2.24, 2.45) is 0 Å². The Kier molecular flexibility index (Phi) is 2.86. The maximum absolute atomic E-state index is 9.58. The number of aliphatic hydroxyl groups is 1. The Bertz CT molecular complexity index is 327. The van der Waals surface area contributed by atoms with Crippen molar-refractivity contribution in [1.29, 1.82) is 0 Å². The SMILES string of the molecule is OCCCc1cccc2c1B(O)OC2. The minimum absolute atomic E-state index is 0.181. The van der Waals surface area contributed by atoms with E-state index in [4.69, 9.17) is 9.76 Å². The highest BCUT2D eigenvalue weighted by Gasteiger charge is 2.29. The zero-order valence-corrected chi connectivity index (χ0v) is 7.94. The number of rotatable bonds is 3. The van der Waals surface area contributed by atoms with Gasteiger partial charge in [-0.3, -0.25) is 0 Å². The first kappa shape index (κ1) is 9.71. The summed E-state index contributed by atoms with van der Waals surface area (Å²) in [6.07, 6.45) is 1.52. The molecule has 0 aromatic heterocycles. The van der Waals surface area contributed by atoms with Crippen LogP contribution in [0.2, 0.25) is 0 Å². The first-order chi connectivity index (χ1) is 6.83. The van der Waals surface area contributed by atoms with E-state index in [0.29, 0.717) is 6.61 Å². The Morgan fingerprint density at radius 1 is 1.43 bits per heavy atom. The molecule has 0 spiro atoms. The highest BCUT2D eigenvalue weighted by atomic mass is 16.5. The molecule has 0 saturated heterocycles. The lowest BCUT2D eigenvalue weighted by molar-refractivity contribution is 0.275. The van der Waals surface area contributed by atoms with Crippen LogP contribution >= 0.6 is 0 Å². The minimum atomic E-state index is -0.778. The lowest BCUT2D eigenvalue weighted by Gasteiger charge is -2.06. The van der Waals surface area contributed by atoms with Crippen molar-refractivity contribution in [2.75, 3.05) is 6.61 Å². The largest absolute Gasteiger partial charge is 0.492 e. The molecule has 1 aromatic rings. The molecule has 4 heteroatoms. The van der Waals surface area contributed by atoms with Crippen molar-refractivity contribution in [1.82, 2.24) is 0 Å². The van der Waals surface area contributed by atoms with E-state index in [1.165, 1.54) is 0 Å². The van der Waals surface area contributed by atoms with E-state index in [2.05, 4.69) is 0 Å². The normalized spacial score (nSPS) is 14.6. The molecular weight excluding hydrogens is 179 g/mol.